The normalized spacial score (nSPS) is 16.7. The molecule has 2 amide bonds. The number of carbonyl (C=O) groups is 1. The number of nitrogens with zero attached hydrogens (tertiary/aromatic N) is 1. The van der Waals surface area contributed by atoms with Crippen LogP contribution in [0.3, 0.4) is 0 Å². The Bertz CT molecular complexity index is 921. The zero-order valence-corrected chi connectivity index (χ0v) is 14.8. The predicted molar refractivity (Wildman–Crippen MR) is 105 cm³/mol. The maximum absolute atomic E-state index is 12.8. The quantitative estimate of drug-likeness (QED) is 0.706. The van der Waals surface area contributed by atoms with Crippen LogP contribution in [0, 0.1) is 0 Å². The largest absolute Gasteiger partial charge is 0.497 e. The van der Waals surface area contributed by atoms with Gasteiger partial charge in [-0.15, -0.1) is 0 Å². The molecule has 0 bridgehead atoms. The van der Waals surface area contributed by atoms with Gasteiger partial charge < -0.3 is 15.0 Å². The molecule has 1 N–H and O–H groups in total. The van der Waals surface area contributed by atoms with Gasteiger partial charge in [-0.3, -0.25) is 0 Å². The number of carbonyl (C=O) groups excluding carboxylic acids is 1. The summed E-state index contributed by atoms with van der Waals surface area (Å²) in [7, 11) is 1.66. The Morgan fingerprint density at radius 1 is 1.04 bits per heavy atom. The molecule has 0 aromatic heterocycles. The van der Waals surface area contributed by atoms with E-state index in [9.17, 15) is 4.79 Å². The molecule has 4 nitrogen and oxygen atoms in total. The van der Waals surface area contributed by atoms with Gasteiger partial charge in [-0.05, 0) is 53.4 Å². The molecule has 4 rings (SSSR count). The summed E-state index contributed by atoms with van der Waals surface area (Å²) in [5, 5.41) is 5.35. The van der Waals surface area contributed by atoms with Crippen molar-refractivity contribution in [2.45, 2.75) is 18.9 Å². The third-order valence-electron chi connectivity index (χ3n) is 5.01. The summed E-state index contributed by atoms with van der Waals surface area (Å²) in [6, 6.07) is 22.2. The number of likely N-dealkylation sites (tertiary alicyclic amines) is 1. The summed E-state index contributed by atoms with van der Waals surface area (Å²) in [6.45, 7) is 0.774. The zero-order chi connectivity index (χ0) is 17.9. The Balaban J connectivity index is 1.52. The van der Waals surface area contributed by atoms with E-state index in [2.05, 4.69) is 17.4 Å². The van der Waals surface area contributed by atoms with Gasteiger partial charge in [0.25, 0.3) is 0 Å². The molecule has 3 aromatic rings. The minimum Gasteiger partial charge on any atom is -0.497 e. The van der Waals surface area contributed by atoms with E-state index >= 15 is 0 Å². The van der Waals surface area contributed by atoms with Crippen molar-refractivity contribution in [3.05, 3.63) is 72.3 Å². The molecule has 1 fully saturated rings. The number of nitrogens with one attached hydrogen (secondary N) is 1. The van der Waals surface area contributed by atoms with Crippen LogP contribution >= 0.6 is 0 Å². The SMILES string of the molecule is COc1ccc(C2CCCN2C(=O)Nc2ccc3ccccc3c2)cc1. The van der Waals surface area contributed by atoms with Crippen LogP contribution in [0.2, 0.25) is 0 Å². The molecule has 0 spiro atoms. The van der Waals surface area contributed by atoms with E-state index in [4.69, 9.17) is 4.74 Å². The number of anilines is 1. The minimum absolute atomic E-state index is 0.0430. The number of methoxy groups -OCH3 is 1. The highest BCUT2D eigenvalue weighted by molar-refractivity contribution is 5.93. The fourth-order valence-electron chi connectivity index (χ4n) is 3.64. The predicted octanol–water partition coefficient (Wildman–Crippen LogP) is 5.22. The first-order valence-electron chi connectivity index (χ1n) is 8.95. The van der Waals surface area contributed by atoms with Gasteiger partial charge in [0.1, 0.15) is 5.75 Å². The van der Waals surface area contributed by atoms with Crippen molar-refractivity contribution in [2.75, 3.05) is 19.0 Å². The Morgan fingerprint density at radius 3 is 2.58 bits per heavy atom. The molecule has 1 unspecified atom stereocenters. The second-order valence-corrected chi connectivity index (χ2v) is 6.62. The second-order valence-electron chi connectivity index (χ2n) is 6.62. The van der Waals surface area contributed by atoms with Crippen LogP contribution in [-0.2, 0) is 0 Å². The summed E-state index contributed by atoms with van der Waals surface area (Å²) in [4.78, 5) is 14.8. The topological polar surface area (TPSA) is 41.6 Å². The van der Waals surface area contributed by atoms with Crippen LogP contribution in [0.1, 0.15) is 24.4 Å². The monoisotopic (exact) mass is 346 g/mol. The van der Waals surface area contributed by atoms with Gasteiger partial charge in [-0.2, -0.15) is 0 Å². The van der Waals surface area contributed by atoms with Gasteiger partial charge in [0.05, 0.1) is 13.2 Å². The van der Waals surface area contributed by atoms with Gasteiger partial charge in [0.2, 0.25) is 0 Å². The number of amides is 2. The molecule has 4 heteroatoms. The van der Waals surface area contributed by atoms with Crippen LogP contribution in [0.15, 0.2) is 66.7 Å². The Morgan fingerprint density at radius 2 is 1.81 bits per heavy atom. The maximum Gasteiger partial charge on any atom is 0.322 e. The zero-order valence-electron chi connectivity index (χ0n) is 14.8. The van der Waals surface area contributed by atoms with Crippen molar-refractivity contribution >= 4 is 22.5 Å². The van der Waals surface area contributed by atoms with Crippen LogP contribution in [0.5, 0.6) is 5.75 Å². The number of benzene rings is 3. The Kier molecular flexibility index (Phi) is 4.48. The van der Waals surface area contributed by atoms with Crippen LogP contribution in [0.25, 0.3) is 10.8 Å². The lowest BCUT2D eigenvalue weighted by atomic mass is 10.0. The smallest absolute Gasteiger partial charge is 0.322 e. The number of rotatable bonds is 3. The lowest BCUT2D eigenvalue weighted by molar-refractivity contribution is 0.207. The second kappa shape index (κ2) is 7.08. The first kappa shape index (κ1) is 16.5. The van der Waals surface area contributed by atoms with Gasteiger partial charge >= 0.3 is 6.03 Å². The highest BCUT2D eigenvalue weighted by Crippen LogP contribution is 2.33. The fourth-order valence-corrected chi connectivity index (χ4v) is 3.64. The summed E-state index contributed by atoms with van der Waals surface area (Å²) in [5.74, 6) is 0.832. The van der Waals surface area contributed by atoms with Crippen molar-refractivity contribution in [3.8, 4) is 5.75 Å². The van der Waals surface area contributed by atoms with Crippen molar-refractivity contribution in [1.29, 1.82) is 0 Å². The molecule has 3 aromatic carbocycles. The van der Waals surface area contributed by atoms with Gasteiger partial charge in [0.15, 0.2) is 0 Å². The molecule has 0 radical (unpaired) electrons. The third kappa shape index (κ3) is 3.23. The number of hydrogen-bond donors (Lipinski definition) is 1. The molecular weight excluding hydrogens is 324 g/mol. The molecule has 1 aliphatic rings. The van der Waals surface area contributed by atoms with E-state index in [1.165, 1.54) is 5.39 Å². The molecule has 132 valence electrons. The average molecular weight is 346 g/mol. The number of fused-ring (bicyclic) bond motifs is 1. The minimum atomic E-state index is -0.0430. The van der Waals surface area contributed by atoms with E-state index in [0.29, 0.717) is 0 Å². The van der Waals surface area contributed by atoms with E-state index in [1.54, 1.807) is 7.11 Å². The fraction of sp³-hybridized carbons (Fsp3) is 0.227. The van der Waals surface area contributed by atoms with E-state index < -0.39 is 0 Å². The van der Waals surface area contributed by atoms with Crippen LogP contribution in [-0.4, -0.2) is 24.6 Å². The molecule has 1 atom stereocenters. The summed E-state index contributed by atoms with van der Waals surface area (Å²) in [5.41, 5.74) is 1.98. The molecule has 0 aliphatic carbocycles. The van der Waals surface area contributed by atoms with Gasteiger partial charge in [-0.25, -0.2) is 4.79 Å². The molecular formula is C22H22N2O2. The highest BCUT2D eigenvalue weighted by Gasteiger charge is 2.30. The van der Waals surface area contributed by atoms with E-state index in [1.807, 2.05) is 59.5 Å². The lowest BCUT2D eigenvalue weighted by Gasteiger charge is -2.25. The molecule has 1 saturated heterocycles. The lowest BCUT2D eigenvalue weighted by Crippen LogP contribution is -2.34. The van der Waals surface area contributed by atoms with Crippen LogP contribution < -0.4 is 10.1 Å². The summed E-state index contributed by atoms with van der Waals surface area (Å²) >= 11 is 0. The number of urea groups is 1. The van der Waals surface area contributed by atoms with E-state index in [-0.39, 0.29) is 12.1 Å². The molecule has 26 heavy (non-hydrogen) atoms. The highest BCUT2D eigenvalue weighted by atomic mass is 16.5. The number of hydrogen-bond acceptors (Lipinski definition) is 2. The van der Waals surface area contributed by atoms with Crippen molar-refractivity contribution in [3.63, 3.8) is 0 Å². The maximum atomic E-state index is 12.8. The van der Waals surface area contributed by atoms with E-state index in [0.717, 1.165) is 41.8 Å². The molecule has 1 heterocycles. The third-order valence-corrected chi connectivity index (χ3v) is 5.01. The Hall–Kier alpha value is -3.01. The molecule has 1 aliphatic heterocycles. The van der Waals surface area contributed by atoms with Crippen molar-refractivity contribution in [2.24, 2.45) is 0 Å². The number of ether oxygens (including phenoxy) is 1. The first-order chi connectivity index (χ1) is 12.7. The average Bonchev–Trinajstić information content (AvgIpc) is 3.18. The van der Waals surface area contributed by atoms with Crippen molar-refractivity contribution in [1.82, 2.24) is 4.90 Å². The van der Waals surface area contributed by atoms with Gasteiger partial charge in [-0.1, -0.05) is 42.5 Å². The standard InChI is InChI=1S/C22H22N2O2/c1-26-20-12-9-17(10-13-20)21-7-4-14-24(21)22(25)23-19-11-8-16-5-2-3-6-18(16)15-19/h2-3,5-6,8-13,15,21H,4,7,14H2,1H3,(H,23,25). The summed E-state index contributed by atoms with van der Waals surface area (Å²) < 4.78 is 5.23. The Labute approximate surface area is 153 Å². The molecule has 0 saturated carbocycles. The van der Waals surface area contributed by atoms with Gasteiger partial charge in [0, 0.05) is 12.2 Å². The summed E-state index contributed by atoms with van der Waals surface area (Å²) in [6.07, 6.45) is 2.00. The van der Waals surface area contributed by atoms with Crippen molar-refractivity contribution < 1.29 is 9.53 Å². The van der Waals surface area contributed by atoms with Crippen LogP contribution in [0.4, 0.5) is 10.5 Å². The first-order valence-corrected chi connectivity index (χ1v) is 8.95.